The number of aryl methyl sites for hydroxylation is 1. The van der Waals surface area contributed by atoms with Crippen LogP contribution >= 0.6 is 15.9 Å². The van der Waals surface area contributed by atoms with Gasteiger partial charge in [-0.05, 0) is 48.4 Å². The molecule has 0 radical (unpaired) electrons. The van der Waals surface area contributed by atoms with E-state index in [2.05, 4.69) is 44.0 Å². The van der Waals surface area contributed by atoms with Crippen LogP contribution in [0.1, 0.15) is 28.2 Å². The number of carbonyl (C=O) groups excluding carboxylic acids is 1. The first kappa shape index (κ1) is 21.1. The molecular weight excluding hydrogens is 454 g/mol. The summed E-state index contributed by atoms with van der Waals surface area (Å²) in [5, 5.41) is 2.99. The van der Waals surface area contributed by atoms with Gasteiger partial charge in [0.15, 0.2) is 0 Å². The fourth-order valence-corrected chi connectivity index (χ4v) is 4.13. The van der Waals surface area contributed by atoms with Crippen molar-refractivity contribution >= 4 is 32.9 Å². The highest BCUT2D eigenvalue weighted by atomic mass is 79.9. The molecule has 0 saturated heterocycles. The predicted molar refractivity (Wildman–Crippen MR) is 127 cm³/mol. The molecule has 1 N–H and O–H groups in total. The number of nitrogens with one attached hydrogen (secondary N) is 1. The minimum absolute atomic E-state index is 0.125. The van der Waals surface area contributed by atoms with Crippen molar-refractivity contribution in [1.82, 2.24) is 14.9 Å². The molecule has 5 nitrogen and oxygen atoms in total. The first-order chi connectivity index (χ1) is 15.2. The van der Waals surface area contributed by atoms with E-state index in [0.29, 0.717) is 17.9 Å². The van der Waals surface area contributed by atoms with Crippen molar-refractivity contribution in [3.8, 4) is 5.75 Å². The highest BCUT2D eigenvalue weighted by Crippen LogP contribution is 2.21. The van der Waals surface area contributed by atoms with Gasteiger partial charge in [0.25, 0.3) is 5.91 Å². The number of benzene rings is 3. The molecule has 0 fully saturated rings. The number of nitrogens with zero attached hydrogens (tertiary/aromatic N) is 2. The van der Waals surface area contributed by atoms with Gasteiger partial charge in [-0.15, -0.1) is 0 Å². The highest BCUT2D eigenvalue weighted by molar-refractivity contribution is 9.10. The fraction of sp³-hybridized carbons (Fsp3) is 0.200. The van der Waals surface area contributed by atoms with Gasteiger partial charge in [-0.2, -0.15) is 0 Å². The summed E-state index contributed by atoms with van der Waals surface area (Å²) < 4.78 is 8.61. The topological polar surface area (TPSA) is 56.1 Å². The molecule has 0 aliphatic carbocycles. The standard InChI is InChI=1S/C25H24BrN3O2/c1-31-23-13-5-2-10-20(23)25(30)27-15-7-14-24-28-21-11-3-4-12-22(21)29(24)17-18-8-6-9-19(26)16-18/h2-6,8-13,16H,7,14-15,17H2,1H3,(H,27,30). The van der Waals surface area contributed by atoms with Crippen LogP contribution in [0.2, 0.25) is 0 Å². The van der Waals surface area contributed by atoms with Crippen molar-refractivity contribution in [2.45, 2.75) is 19.4 Å². The van der Waals surface area contributed by atoms with Crippen molar-refractivity contribution in [3.63, 3.8) is 0 Å². The van der Waals surface area contributed by atoms with E-state index in [0.717, 1.165) is 40.7 Å². The van der Waals surface area contributed by atoms with Crippen molar-refractivity contribution in [1.29, 1.82) is 0 Å². The van der Waals surface area contributed by atoms with Crippen LogP contribution in [0.4, 0.5) is 0 Å². The molecule has 0 aliphatic rings. The van der Waals surface area contributed by atoms with Crippen molar-refractivity contribution in [3.05, 3.63) is 94.2 Å². The van der Waals surface area contributed by atoms with Crippen LogP contribution < -0.4 is 10.1 Å². The lowest BCUT2D eigenvalue weighted by molar-refractivity contribution is 0.0950. The minimum Gasteiger partial charge on any atom is -0.496 e. The second kappa shape index (κ2) is 9.79. The Bertz CT molecular complexity index is 1200. The normalized spacial score (nSPS) is 10.9. The third-order valence-corrected chi connectivity index (χ3v) is 5.67. The molecule has 0 bridgehead atoms. The van der Waals surface area contributed by atoms with E-state index in [1.54, 1.807) is 19.2 Å². The van der Waals surface area contributed by atoms with E-state index in [4.69, 9.17) is 9.72 Å². The van der Waals surface area contributed by atoms with E-state index in [-0.39, 0.29) is 5.91 Å². The number of ether oxygens (including phenoxy) is 1. The summed E-state index contributed by atoms with van der Waals surface area (Å²) in [6, 6.07) is 23.8. The first-order valence-corrected chi connectivity index (χ1v) is 11.0. The molecule has 6 heteroatoms. The first-order valence-electron chi connectivity index (χ1n) is 10.3. The zero-order chi connectivity index (χ0) is 21.6. The van der Waals surface area contributed by atoms with E-state index in [9.17, 15) is 4.79 Å². The van der Waals surface area contributed by atoms with Crippen molar-refractivity contribution in [2.24, 2.45) is 0 Å². The molecule has 158 valence electrons. The van der Waals surface area contributed by atoms with E-state index in [1.807, 2.05) is 42.5 Å². The summed E-state index contributed by atoms with van der Waals surface area (Å²) in [4.78, 5) is 17.4. The number of aromatic nitrogens is 2. The number of rotatable bonds is 8. The van der Waals surface area contributed by atoms with Gasteiger partial charge < -0.3 is 14.6 Å². The highest BCUT2D eigenvalue weighted by Gasteiger charge is 2.13. The molecule has 0 spiro atoms. The average Bonchev–Trinajstić information content (AvgIpc) is 3.14. The number of carbonyl (C=O) groups is 1. The Hall–Kier alpha value is -3.12. The number of para-hydroxylation sites is 3. The lowest BCUT2D eigenvalue weighted by atomic mass is 10.2. The smallest absolute Gasteiger partial charge is 0.255 e. The predicted octanol–water partition coefficient (Wildman–Crippen LogP) is 5.22. The van der Waals surface area contributed by atoms with E-state index in [1.165, 1.54) is 5.56 Å². The molecule has 1 aromatic heterocycles. The lowest BCUT2D eigenvalue weighted by Crippen LogP contribution is -2.25. The maximum absolute atomic E-state index is 12.5. The van der Waals surface area contributed by atoms with Crippen LogP contribution in [0, 0.1) is 0 Å². The Morgan fingerprint density at radius 2 is 1.87 bits per heavy atom. The number of methoxy groups -OCH3 is 1. The summed E-state index contributed by atoms with van der Waals surface area (Å²) >= 11 is 3.55. The van der Waals surface area contributed by atoms with Crippen molar-refractivity contribution < 1.29 is 9.53 Å². The van der Waals surface area contributed by atoms with E-state index < -0.39 is 0 Å². The van der Waals surface area contributed by atoms with Gasteiger partial charge in [0.2, 0.25) is 0 Å². The minimum atomic E-state index is -0.125. The van der Waals surface area contributed by atoms with Gasteiger partial charge in [0.1, 0.15) is 11.6 Å². The summed E-state index contributed by atoms with van der Waals surface area (Å²) in [5.41, 5.74) is 3.87. The second-order valence-electron chi connectivity index (χ2n) is 7.29. The molecule has 0 unspecified atom stereocenters. The lowest BCUT2D eigenvalue weighted by Gasteiger charge is -2.11. The molecule has 4 aromatic rings. The Kier molecular flexibility index (Phi) is 6.67. The van der Waals surface area contributed by atoms with Gasteiger partial charge >= 0.3 is 0 Å². The molecular formula is C25H24BrN3O2. The number of imidazole rings is 1. The molecule has 0 atom stereocenters. The number of halogens is 1. The van der Waals surface area contributed by atoms with Crippen LogP contribution in [0.3, 0.4) is 0 Å². The van der Waals surface area contributed by atoms with E-state index >= 15 is 0 Å². The Labute approximate surface area is 190 Å². The zero-order valence-corrected chi connectivity index (χ0v) is 18.9. The van der Waals surface area contributed by atoms with Gasteiger partial charge in [0, 0.05) is 24.0 Å². The summed E-state index contributed by atoms with van der Waals surface area (Å²) in [7, 11) is 1.57. The number of fused-ring (bicyclic) bond motifs is 1. The monoisotopic (exact) mass is 477 g/mol. The molecule has 4 rings (SSSR count). The van der Waals surface area contributed by atoms with Gasteiger partial charge in [-0.25, -0.2) is 4.98 Å². The molecule has 1 amide bonds. The third-order valence-electron chi connectivity index (χ3n) is 5.18. The molecule has 1 heterocycles. The summed E-state index contributed by atoms with van der Waals surface area (Å²) in [6.07, 6.45) is 1.57. The van der Waals surface area contributed by atoms with Crippen LogP contribution in [0.25, 0.3) is 11.0 Å². The summed E-state index contributed by atoms with van der Waals surface area (Å²) in [6.45, 7) is 1.32. The Morgan fingerprint density at radius 1 is 1.06 bits per heavy atom. The molecule has 31 heavy (non-hydrogen) atoms. The zero-order valence-electron chi connectivity index (χ0n) is 17.3. The van der Waals surface area contributed by atoms with Gasteiger partial charge in [0.05, 0.1) is 23.7 Å². The summed E-state index contributed by atoms with van der Waals surface area (Å²) in [5.74, 6) is 1.48. The third kappa shape index (κ3) is 4.97. The second-order valence-corrected chi connectivity index (χ2v) is 8.21. The largest absolute Gasteiger partial charge is 0.496 e. The Morgan fingerprint density at radius 3 is 2.71 bits per heavy atom. The van der Waals surface area contributed by atoms with Crippen LogP contribution in [-0.2, 0) is 13.0 Å². The van der Waals surface area contributed by atoms with Crippen LogP contribution in [-0.4, -0.2) is 29.1 Å². The quantitative estimate of drug-likeness (QED) is 0.354. The Balaban J connectivity index is 1.45. The molecule has 0 saturated carbocycles. The fourth-order valence-electron chi connectivity index (χ4n) is 3.69. The van der Waals surface area contributed by atoms with Gasteiger partial charge in [-0.1, -0.05) is 52.3 Å². The SMILES string of the molecule is COc1ccccc1C(=O)NCCCc1nc2ccccc2n1Cc1cccc(Br)c1. The van der Waals surface area contributed by atoms with Crippen LogP contribution in [0.5, 0.6) is 5.75 Å². The molecule has 0 aliphatic heterocycles. The maximum Gasteiger partial charge on any atom is 0.255 e. The van der Waals surface area contributed by atoms with Crippen LogP contribution in [0.15, 0.2) is 77.3 Å². The number of amides is 1. The van der Waals surface area contributed by atoms with Gasteiger partial charge in [-0.3, -0.25) is 4.79 Å². The maximum atomic E-state index is 12.5. The number of hydrogen-bond donors (Lipinski definition) is 1. The number of hydrogen-bond acceptors (Lipinski definition) is 3. The molecule has 3 aromatic carbocycles. The van der Waals surface area contributed by atoms with Crippen molar-refractivity contribution in [2.75, 3.05) is 13.7 Å². The average molecular weight is 478 g/mol.